The molecule has 0 bridgehead atoms. The van der Waals surface area contributed by atoms with E-state index >= 15 is 0 Å². The van der Waals surface area contributed by atoms with Crippen molar-refractivity contribution in [3.8, 4) is 0 Å². The predicted molar refractivity (Wildman–Crippen MR) is 93.8 cm³/mol. The number of carbonyl (C=O) groups excluding carboxylic acids is 1. The Kier molecular flexibility index (Phi) is 4.34. The molecule has 0 aromatic heterocycles. The van der Waals surface area contributed by atoms with Gasteiger partial charge in [-0.25, -0.2) is 0 Å². The third kappa shape index (κ3) is 3.56. The summed E-state index contributed by atoms with van der Waals surface area (Å²) >= 11 is 5.12. The van der Waals surface area contributed by atoms with Crippen LogP contribution in [0.15, 0.2) is 54.2 Å². The summed E-state index contributed by atoms with van der Waals surface area (Å²) in [4.78, 5) is 13.6. The van der Waals surface area contributed by atoms with Gasteiger partial charge in [-0.05, 0) is 49.0 Å². The summed E-state index contributed by atoms with van der Waals surface area (Å²) in [6, 6.07) is 12.0. The number of benzene rings is 2. The van der Waals surface area contributed by atoms with Gasteiger partial charge in [0.05, 0.1) is 11.3 Å². The number of hydrogen-bond donors (Lipinski definition) is 1. The van der Waals surface area contributed by atoms with Gasteiger partial charge in [0.25, 0.3) is 5.91 Å². The van der Waals surface area contributed by atoms with Crippen molar-refractivity contribution in [2.24, 2.45) is 0 Å². The smallest absolute Gasteiger partial charge is 0.327 e. The van der Waals surface area contributed by atoms with Gasteiger partial charge >= 0.3 is 6.18 Å². The first-order chi connectivity index (χ1) is 11.8. The average molecular weight is 362 g/mol. The van der Waals surface area contributed by atoms with E-state index in [9.17, 15) is 18.0 Å². The topological polar surface area (TPSA) is 32.3 Å². The van der Waals surface area contributed by atoms with E-state index in [1.165, 1.54) is 12.1 Å². The van der Waals surface area contributed by atoms with Gasteiger partial charge in [0.2, 0.25) is 0 Å². The molecule has 1 amide bonds. The summed E-state index contributed by atoms with van der Waals surface area (Å²) in [6.45, 7) is 1.94. The normalized spacial score (nSPS) is 16.5. The molecule has 7 heteroatoms. The van der Waals surface area contributed by atoms with Crippen molar-refractivity contribution in [1.82, 2.24) is 5.32 Å². The molecule has 2 aromatic carbocycles. The summed E-state index contributed by atoms with van der Waals surface area (Å²) in [5.41, 5.74) is 1.32. The van der Waals surface area contributed by atoms with Crippen LogP contribution in [0.3, 0.4) is 0 Å². The molecule has 1 N–H and O–H groups in total. The number of carbonyl (C=O) groups is 1. The third-order valence-electron chi connectivity index (χ3n) is 3.70. The number of amides is 1. The molecule has 128 valence electrons. The fraction of sp³-hybridized carbons (Fsp3) is 0.111. The van der Waals surface area contributed by atoms with E-state index in [1.54, 1.807) is 6.08 Å². The number of anilines is 1. The maximum Gasteiger partial charge on any atom is 0.416 e. The largest absolute Gasteiger partial charge is 0.416 e. The number of thiocarbonyl (C=S) groups is 1. The summed E-state index contributed by atoms with van der Waals surface area (Å²) in [6.07, 6.45) is -2.88. The lowest BCUT2D eigenvalue weighted by Gasteiger charge is -2.16. The second-order valence-corrected chi connectivity index (χ2v) is 5.97. The average Bonchev–Trinajstić information content (AvgIpc) is 2.83. The third-order valence-corrected chi connectivity index (χ3v) is 3.98. The standard InChI is InChI=1S/C18H13F3N2OS/c1-11-5-7-12(8-6-11)9-15-16(24)23(17(25)22-15)14-4-2-3-13(10-14)18(19,20)21/h2-10H,1H3,(H,22,25)/b15-9-. The molecular weight excluding hydrogens is 349 g/mol. The Bertz CT molecular complexity index is 873. The highest BCUT2D eigenvalue weighted by molar-refractivity contribution is 7.80. The molecule has 0 unspecified atom stereocenters. The molecule has 0 saturated carbocycles. The molecule has 25 heavy (non-hydrogen) atoms. The van der Waals surface area contributed by atoms with E-state index in [4.69, 9.17) is 12.2 Å². The number of aryl methyl sites for hydroxylation is 1. The first-order valence-corrected chi connectivity index (χ1v) is 7.77. The lowest BCUT2D eigenvalue weighted by atomic mass is 10.1. The molecule has 0 spiro atoms. The number of hydrogen-bond acceptors (Lipinski definition) is 2. The van der Waals surface area contributed by atoms with Gasteiger partial charge in [-0.1, -0.05) is 35.9 Å². The predicted octanol–water partition coefficient (Wildman–Crippen LogP) is 4.28. The summed E-state index contributed by atoms with van der Waals surface area (Å²) < 4.78 is 38.6. The molecule has 1 saturated heterocycles. The Morgan fingerprint density at radius 3 is 2.44 bits per heavy atom. The molecule has 3 nitrogen and oxygen atoms in total. The van der Waals surface area contributed by atoms with E-state index in [0.717, 1.165) is 28.2 Å². The van der Waals surface area contributed by atoms with Crippen LogP contribution >= 0.6 is 12.2 Å². The van der Waals surface area contributed by atoms with Gasteiger partial charge in [-0.15, -0.1) is 0 Å². The molecule has 0 aliphatic carbocycles. The Morgan fingerprint density at radius 1 is 1.12 bits per heavy atom. The summed E-state index contributed by atoms with van der Waals surface area (Å²) in [5, 5.41) is 2.81. The van der Waals surface area contributed by atoms with E-state index < -0.39 is 17.6 Å². The van der Waals surface area contributed by atoms with Crippen LogP contribution in [0.2, 0.25) is 0 Å². The van der Waals surface area contributed by atoms with Crippen LogP contribution in [0.5, 0.6) is 0 Å². The van der Waals surface area contributed by atoms with Crippen LogP contribution in [0.4, 0.5) is 18.9 Å². The number of halogens is 3. The van der Waals surface area contributed by atoms with Gasteiger partial charge in [0.1, 0.15) is 5.70 Å². The van der Waals surface area contributed by atoms with E-state index in [1.807, 2.05) is 31.2 Å². The van der Waals surface area contributed by atoms with Gasteiger partial charge in [0, 0.05) is 0 Å². The van der Waals surface area contributed by atoms with Crippen molar-refractivity contribution < 1.29 is 18.0 Å². The van der Waals surface area contributed by atoms with Crippen molar-refractivity contribution in [2.75, 3.05) is 4.90 Å². The second-order valence-electron chi connectivity index (χ2n) is 5.59. The Balaban J connectivity index is 1.93. The number of nitrogens with one attached hydrogen (secondary N) is 1. The van der Waals surface area contributed by atoms with Gasteiger partial charge < -0.3 is 5.32 Å². The first kappa shape index (κ1) is 17.2. The van der Waals surface area contributed by atoms with Crippen LogP contribution < -0.4 is 10.2 Å². The van der Waals surface area contributed by atoms with Crippen molar-refractivity contribution in [2.45, 2.75) is 13.1 Å². The van der Waals surface area contributed by atoms with Crippen LogP contribution in [0.1, 0.15) is 16.7 Å². The Labute approximate surface area is 147 Å². The monoisotopic (exact) mass is 362 g/mol. The van der Waals surface area contributed by atoms with Gasteiger partial charge in [0.15, 0.2) is 5.11 Å². The summed E-state index contributed by atoms with van der Waals surface area (Å²) in [5.74, 6) is -0.495. The van der Waals surface area contributed by atoms with Crippen molar-refractivity contribution >= 4 is 35.0 Å². The van der Waals surface area contributed by atoms with Crippen LogP contribution in [-0.2, 0) is 11.0 Å². The molecule has 0 atom stereocenters. The Morgan fingerprint density at radius 2 is 1.80 bits per heavy atom. The molecule has 1 aliphatic heterocycles. The molecule has 1 heterocycles. The minimum atomic E-state index is -4.49. The van der Waals surface area contributed by atoms with Crippen molar-refractivity contribution in [3.63, 3.8) is 0 Å². The van der Waals surface area contributed by atoms with E-state index in [0.29, 0.717) is 0 Å². The van der Waals surface area contributed by atoms with Crippen molar-refractivity contribution in [1.29, 1.82) is 0 Å². The maximum atomic E-state index is 12.9. The highest BCUT2D eigenvalue weighted by Crippen LogP contribution is 2.32. The molecule has 1 aliphatic rings. The maximum absolute atomic E-state index is 12.9. The molecule has 2 aromatic rings. The molecule has 0 radical (unpaired) electrons. The number of alkyl halides is 3. The minimum Gasteiger partial charge on any atom is -0.327 e. The van der Waals surface area contributed by atoms with Crippen LogP contribution in [-0.4, -0.2) is 11.0 Å². The van der Waals surface area contributed by atoms with Crippen LogP contribution in [0.25, 0.3) is 6.08 Å². The fourth-order valence-corrected chi connectivity index (χ4v) is 2.72. The highest BCUT2D eigenvalue weighted by atomic mass is 32.1. The van der Waals surface area contributed by atoms with Gasteiger partial charge in [-0.3, -0.25) is 9.69 Å². The summed E-state index contributed by atoms with van der Waals surface area (Å²) in [7, 11) is 0. The van der Waals surface area contributed by atoms with Gasteiger partial charge in [-0.2, -0.15) is 13.2 Å². The highest BCUT2D eigenvalue weighted by Gasteiger charge is 2.35. The van der Waals surface area contributed by atoms with Crippen molar-refractivity contribution in [3.05, 3.63) is 70.9 Å². The number of nitrogens with zero attached hydrogens (tertiary/aromatic N) is 1. The fourth-order valence-electron chi connectivity index (χ4n) is 2.42. The van der Waals surface area contributed by atoms with Crippen LogP contribution in [0, 0.1) is 6.92 Å². The second kappa shape index (κ2) is 6.33. The minimum absolute atomic E-state index is 0.0442. The lowest BCUT2D eigenvalue weighted by Crippen LogP contribution is -2.30. The molecule has 1 fully saturated rings. The SMILES string of the molecule is Cc1ccc(/C=C2\NC(=S)N(c3cccc(C(F)(F)F)c3)C2=O)cc1. The molecule has 3 rings (SSSR count). The Hall–Kier alpha value is -2.67. The van der Waals surface area contributed by atoms with E-state index in [-0.39, 0.29) is 16.5 Å². The quantitative estimate of drug-likeness (QED) is 0.639. The van der Waals surface area contributed by atoms with E-state index in [2.05, 4.69) is 5.32 Å². The molecular formula is C18H13F3N2OS. The zero-order chi connectivity index (χ0) is 18.2. The lowest BCUT2D eigenvalue weighted by molar-refractivity contribution is -0.137. The zero-order valence-corrected chi connectivity index (χ0v) is 13.9. The number of rotatable bonds is 2. The zero-order valence-electron chi connectivity index (χ0n) is 13.1. The first-order valence-electron chi connectivity index (χ1n) is 7.37.